The Labute approximate surface area is 196 Å². The molecule has 0 saturated heterocycles. The van der Waals surface area contributed by atoms with Gasteiger partial charge in [-0.2, -0.15) is 0 Å². The van der Waals surface area contributed by atoms with Crippen molar-refractivity contribution in [2.45, 2.75) is 13.5 Å². The van der Waals surface area contributed by atoms with Crippen molar-refractivity contribution in [2.75, 3.05) is 13.7 Å². The second kappa shape index (κ2) is 11.4. The number of para-hydroxylation sites is 1. The summed E-state index contributed by atoms with van der Waals surface area (Å²) < 4.78 is 16.4. The molecule has 176 valence electrons. The molecule has 0 aliphatic heterocycles. The summed E-state index contributed by atoms with van der Waals surface area (Å²) in [5.74, 6) is -0.343. The Morgan fingerprint density at radius 2 is 1.50 bits per heavy atom. The lowest BCUT2D eigenvalue weighted by atomic mass is 10.1. The van der Waals surface area contributed by atoms with Gasteiger partial charge < -0.3 is 19.9 Å². The van der Waals surface area contributed by atoms with Crippen molar-refractivity contribution in [3.05, 3.63) is 89.0 Å². The lowest BCUT2D eigenvalue weighted by molar-refractivity contribution is 0.0846. The Morgan fingerprint density at radius 1 is 0.794 bits per heavy atom. The molecule has 0 atom stereocenters. The summed E-state index contributed by atoms with van der Waals surface area (Å²) >= 11 is 0. The predicted molar refractivity (Wildman–Crippen MR) is 125 cm³/mol. The molecule has 0 fully saturated rings. The zero-order valence-corrected chi connectivity index (χ0v) is 18.8. The normalized spacial score (nSPS) is 10.2. The summed E-state index contributed by atoms with van der Waals surface area (Å²) in [5.41, 5.74) is 11.7. The van der Waals surface area contributed by atoms with Gasteiger partial charge in [0.1, 0.15) is 12.4 Å². The van der Waals surface area contributed by atoms with Gasteiger partial charge in [-0.1, -0.05) is 24.3 Å². The number of rotatable bonds is 9. The fourth-order valence-corrected chi connectivity index (χ4v) is 3.10. The molecule has 4 N–H and O–H groups in total. The summed E-state index contributed by atoms with van der Waals surface area (Å²) in [7, 11) is 1.48. The SMILES string of the molecule is CCOc1ccc(C(=O)NNC(=O)c2cccc(COc3ccccc3C(N)=O)c2)cc1OC. The minimum absolute atomic E-state index is 0.115. The van der Waals surface area contributed by atoms with E-state index in [0.29, 0.717) is 35.0 Å². The van der Waals surface area contributed by atoms with E-state index in [1.165, 1.54) is 13.2 Å². The Bertz CT molecular complexity index is 1190. The van der Waals surface area contributed by atoms with E-state index in [0.717, 1.165) is 0 Å². The van der Waals surface area contributed by atoms with Crippen molar-refractivity contribution in [1.82, 2.24) is 10.9 Å². The summed E-state index contributed by atoms with van der Waals surface area (Å²) in [6.45, 7) is 2.42. The first kappa shape index (κ1) is 24.1. The average Bonchev–Trinajstić information content (AvgIpc) is 2.86. The van der Waals surface area contributed by atoms with Gasteiger partial charge in [-0.05, 0) is 55.0 Å². The topological polar surface area (TPSA) is 129 Å². The van der Waals surface area contributed by atoms with Crippen LogP contribution in [0.4, 0.5) is 0 Å². The Balaban J connectivity index is 1.61. The largest absolute Gasteiger partial charge is 0.493 e. The Hall–Kier alpha value is -4.53. The van der Waals surface area contributed by atoms with Gasteiger partial charge in [0.25, 0.3) is 17.7 Å². The van der Waals surface area contributed by atoms with E-state index in [-0.39, 0.29) is 17.7 Å². The third kappa shape index (κ3) is 6.04. The molecule has 0 heterocycles. The maximum absolute atomic E-state index is 12.5. The minimum atomic E-state index is -0.593. The number of hydrogen-bond donors (Lipinski definition) is 3. The molecule has 0 unspecified atom stereocenters. The molecule has 0 radical (unpaired) electrons. The molecule has 0 spiro atoms. The van der Waals surface area contributed by atoms with Crippen molar-refractivity contribution in [3.8, 4) is 17.2 Å². The standard InChI is InChI=1S/C25H25N3O6/c1-3-33-21-12-11-18(14-22(21)32-2)25(31)28-27-24(30)17-8-6-7-16(13-17)15-34-20-10-5-4-9-19(20)23(26)29/h4-14H,3,15H2,1-2H3,(H2,26,29)(H,27,30)(H,28,31). The van der Waals surface area contributed by atoms with Gasteiger partial charge in [-0.25, -0.2) is 0 Å². The third-order valence-electron chi connectivity index (χ3n) is 4.75. The zero-order valence-electron chi connectivity index (χ0n) is 18.8. The highest BCUT2D eigenvalue weighted by atomic mass is 16.5. The van der Waals surface area contributed by atoms with Crippen LogP contribution >= 0.6 is 0 Å². The number of hydrogen-bond acceptors (Lipinski definition) is 6. The summed E-state index contributed by atoms with van der Waals surface area (Å²) in [6, 6.07) is 18.0. The number of benzene rings is 3. The third-order valence-corrected chi connectivity index (χ3v) is 4.75. The number of carbonyl (C=O) groups is 3. The number of nitrogens with two attached hydrogens (primary N) is 1. The molecular weight excluding hydrogens is 438 g/mol. The highest BCUT2D eigenvalue weighted by Crippen LogP contribution is 2.28. The maximum atomic E-state index is 12.5. The van der Waals surface area contributed by atoms with Crippen LogP contribution in [0.1, 0.15) is 43.6 Å². The quantitative estimate of drug-likeness (QED) is 0.419. The maximum Gasteiger partial charge on any atom is 0.269 e. The lowest BCUT2D eigenvalue weighted by Crippen LogP contribution is -2.41. The van der Waals surface area contributed by atoms with Crippen LogP contribution in [-0.4, -0.2) is 31.4 Å². The summed E-state index contributed by atoms with van der Waals surface area (Å²) in [5, 5.41) is 0. The number of hydrazine groups is 1. The number of methoxy groups -OCH3 is 1. The smallest absolute Gasteiger partial charge is 0.269 e. The highest BCUT2D eigenvalue weighted by molar-refractivity contribution is 5.99. The molecule has 34 heavy (non-hydrogen) atoms. The van der Waals surface area contributed by atoms with Gasteiger partial charge in [0.2, 0.25) is 0 Å². The van der Waals surface area contributed by atoms with E-state index in [1.807, 2.05) is 6.92 Å². The lowest BCUT2D eigenvalue weighted by Gasteiger charge is -2.12. The molecule has 3 rings (SSSR count). The Morgan fingerprint density at radius 3 is 2.18 bits per heavy atom. The van der Waals surface area contributed by atoms with E-state index < -0.39 is 17.7 Å². The van der Waals surface area contributed by atoms with Crippen LogP contribution in [-0.2, 0) is 6.61 Å². The molecule has 0 aromatic heterocycles. The molecule has 0 aliphatic carbocycles. The van der Waals surface area contributed by atoms with Crippen LogP contribution in [0.15, 0.2) is 66.7 Å². The summed E-state index contributed by atoms with van der Waals surface area (Å²) in [6.07, 6.45) is 0. The molecule has 9 nitrogen and oxygen atoms in total. The monoisotopic (exact) mass is 463 g/mol. The first-order chi connectivity index (χ1) is 16.4. The minimum Gasteiger partial charge on any atom is -0.493 e. The molecule has 9 heteroatoms. The van der Waals surface area contributed by atoms with Gasteiger partial charge >= 0.3 is 0 Å². The van der Waals surface area contributed by atoms with Crippen molar-refractivity contribution < 1.29 is 28.6 Å². The summed E-state index contributed by atoms with van der Waals surface area (Å²) in [4.78, 5) is 36.5. The second-order valence-electron chi connectivity index (χ2n) is 7.06. The van der Waals surface area contributed by atoms with Crippen LogP contribution in [0, 0.1) is 0 Å². The zero-order chi connectivity index (χ0) is 24.5. The van der Waals surface area contributed by atoms with Gasteiger partial charge in [-0.3, -0.25) is 25.2 Å². The molecular formula is C25H25N3O6. The molecule has 3 aromatic carbocycles. The van der Waals surface area contributed by atoms with E-state index in [2.05, 4.69) is 10.9 Å². The van der Waals surface area contributed by atoms with Crippen LogP contribution < -0.4 is 30.8 Å². The molecule has 0 saturated carbocycles. The van der Waals surface area contributed by atoms with E-state index in [4.69, 9.17) is 19.9 Å². The first-order valence-corrected chi connectivity index (χ1v) is 10.4. The van der Waals surface area contributed by atoms with Crippen LogP contribution in [0.3, 0.4) is 0 Å². The number of ether oxygens (including phenoxy) is 3. The number of nitrogens with one attached hydrogen (secondary N) is 2. The van der Waals surface area contributed by atoms with Gasteiger partial charge in [-0.15, -0.1) is 0 Å². The van der Waals surface area contributed by atoms with Gasteiger partial charge in [0.05, 0.1) is 19.3 Å². The van der Waals surface area contributed by atoms with Crippen LogP contribution in [0.25, 0.3) is 0 Å². The molecule has 0 aliphatic rings. The van der Waals surface area contributed by atoms with E-state index in [1.54, 1.807) is 60.7 Å². The fraction of sp³-hybridized carbons (Fsp3) is 0.160. The van der Waals surface area contributed by atoms with Gasteiger partial charge in [0.15, 0.2) is 11.5 Å². The van der Waals surface area contributed by atoms with Crippen LogP contribution in [0.2, 0.25) is 0 Å². The van der Waals surface area contributed by atoms with E-state index >= 15 is 0 Å². The highest BCUT2D eigenvalue weighted by Gasteiger charge is 2.14. The first-order valence-electron chi connectivity index (χ1n) is 10.4. The fourth-order valence-electron chi connectivity index (χ4n) is 3.10. The van der Waals surface area contributed by atoms with Crippen molar-refractivity contribution >= 4 is 17.7 Å². The van der Waals surface area contributed by atoms with Gasteiger partial charge in [0, 0.05) is 11.1 Å². The molecule has 0 bridgehead atoms. The number of amides is 3. The van der Waals surface area contributed by atoms with Crippen molar-refractivity contribution in [3.63, 3.8) is 0 Å². The van der Waals surface area contributed by atoms with Crippen molar-refractivity contribution in [2.24, 2.45) is 5.73 Å². The van der Waals surface area contributed by atoms with E-state index in [9.17, 15) is 14.4 Å². The predicted octanol–water partition coefficient (Wildman–Crippen LogP) is 2.85. The number of primary amides is 1. The average molecular weight is 463 g/mol. The molecule has 3 aromatic rings. The number of carbonyl (C=O) groups excluding carboxylic acids is 3. The Kier molecular flexibility index (Phi) is 8.07. The molecule has 3 amide bonds. The van der Waals surface area contributed by atoms with Crippen molar-refractivity contribution in [1.29, 1.82) is 0 Å². The van der Waals surface area contributed by atoms with Crippen LogP contribution in [0.5, 0.6) is 17.2 Å². The second-order valence-corrected chi connectivity index (χ2v) is 7.06.